The first kappa shape index (κ1) is 22.6. The maximum absolute atomic E-state index is 13.4. The number of carbonyl (C=O) groups is 1. The summed E-state index contributed by atoms with van der Waals surface area (Å²) in [5.74, 6) is 0.822. The Morgan fingerprint density at radius 1 is 1.09 bits per heavy atom. The van der Waals surface area contributed by atoms with E-state index >= 15 is 0 Å². The monoisotopic (exact) mass is 490 g/mol. The van der Waals surface area contributed by atoms with Crippen LogP contribution in [0.4, 0.5) is 14.9 Å². The Hall–Kier alpha value is -4.17. The van der Waals surface area contributed by atoms with Crippen LogP contribution in [0.5, 0.6) is 5.75 Å². The van der Waals surface area contributed by atoms with Crippen molar-refractivity contribution in [2.75, 3.05) is 12.0 Å². The number of benzene rings is 3. The Bertz CT molecular complexity index is 1420. The molecule has 2 heterocycles. The van der Waals surface area contributed by atoms with E-state index in [1.54, 1.807) is 43.5 Å². The number of nitrogens with one attached hydrogen (secondary N) is 1. The van der Waals surface area contributed by atoms with Gasteiger partial charge in [-0.1, -0.05) is 28.9 Å². The summed E-state index contributed by atoms with van der Waals surface area (Å²) in [6.07, 6.45) is 0. The molecule has 2 amide bonds. The van der Waals surface area contributed by atoms with Crippen LogP contribution in [0, 0.1) is 5.82 Å². The van der Waals surface area contributed by atoms with Gasteiger partial charge >= 0.3 is 6.03 Å². The lowest BCUT2D eigenvalue weighted by Crippen LogP contribution is -2.46. The van der Waals surface area contributed by atoms with Crippen LogP contribution < -0.4 is 15.0 Å². The quantitative estimate of drug-likeness (QED) is 0.358. The normalized spacial score (nSPS) is 15.8. The van der Waals surface area contributed by atoms with Gasteiger partial charge in [0.2, 0.25) is 5.82 Å². The van der Waals surface area contributed by atoms with Crippen molar-refractivity contribution in [3.8, 4) is 17.1 Å². The number of halogens is 2. The third-order valence-corrected chi connectivity index (χ3v) is 6.01. The maximum atomic E-state index is 13.4. The van der Waals surface area contributed by atoms with E-state index < -0.39 is 6.04 Å². The first-order chi connectivity index (χ1) is 16.9. The van der Waals surface area contributed by atoms with Crippen LogP contribution in [0.2, 0.25) is 5.02 Å². The fourth-order valence-corrected chi connectivity index (χ4v) is 4.17. The summed E-state index contributed by atoms with van der Waals surface area (Å²) < 4.78 is 24.4. The molecular weight excluding hydrogens is 471 g/mol. The Morgan fingerprint density at radius 2 is 1.83 bits per heavy atom. The van der Waals surface area contributed by atoms with E-state index in [-0.39, 0.29) is 17.7 Å². The second kappa shape index (κ2) is 9.23. The van der Waals surface area contributed by atoms with E-state index in [1.807, 2.05) is 31.2 Å². The minimum atomic E-state index is -0.581. The van der Waals surface area contributed by atoms with Gasteiger partial charge in [0.25, 0.3) is 5.89 Å². The number of urea groups is 1. The lowest BCUT2D eigenvalue weighted by atomic mass is 9.94. The molecule has 4 aromatic rings. The zero-order valence-electron chi connectivity index (χ0n) is 18.8. The van der Waals surface area contributed by atoms with Crippen LogP contribution >= 0.6 is 11.6 Å². The molecule has 0 radical (unpaired) electrons. The second-order valence-electron chi connectivity index (χ2n) is 7.90. The lowest BCUT2D eigenvalue weighted by Gasteiger charge is -2.35. The smallest absolute Gasteiger partial charge is 0.326 e. The van der Waals surface area contributed by atoms with Gasteiger partial charge in [0.05, 0.1) is 24.4 Å². The molecule has 7 nitrogen and oxygen atoms in total. The number of methoxy groups -OCH3 is 1. The minimum Gasteiger partial charge on any atom is -0.497 e. The average Bonchev–Trinajstić information content (AvgIpc) is 3.35. The number of amides is 2. The number of aromatic nitrogens is 2. The van der Waals surface area contributed by atoms with Crippen molar-refractivity contribution in [3.05, 3.63) is 101 Å². The van der Waals surface area contributed by atoms with Gasteiger partial charge in [-0.2, -0.15) is 4.98 Å². The van der Waals surface area contributed by atoms with E-state index in [0.29, 0.717) is 39.1 Å². The van der Waals surface area contributed by atoms with Crippen molar-refractivity contribution in [2.45, 2.75) is 13.0 Å². The summed E-state index contributed by atoms with van der Waals surface area (Å²) in [5.41, 5.74) is 3.24. The SMILES string of the molecule is COc1cccc(C2NC(=O)N(c3ccc(Cl)cc3)C(C)=C2c2nc(-c3ccc(F)cc3)no2)c1. The molecule has 0 bridgehead atoms. The van der Waals surface area contributed by atoms with Crippen LogP contribution in [-0.2, 0) is 0 Å². The molecule has 1 aromatic heterocycles. The third-order valence-electron chi connectivity index (χ3n) is 5.76. The first-order valence-corrected chi connectivity index (χ1v) is 11.1. The zero-order valence-corrected chi connectivity index (χ0v) is 19.6. The molecule has 0 aliphatic carbocycles. The van der Waals surface area contributed by atoms with E-state index in [4.69, 9.17) is 20.9 Å². The molecule has 0 saturated heterocycles. The zero-order chi connectivity index (χ0) is 24.5. The summed E-state index contributed by atoms with van der Waals surface area (Å²) >= 11 is 6.05. The van der Waals surface area contributed by atoms with Crippen molar-refractivity contribution in [1.29, 1.82) is 0 Å². The van der Waals surface area contributed by atoms with Gasteiger partial charge in [-0.15, -0.1) is 0 Å². The van der Waals surface area contributed by atoms with Gasteiger partial charge in [0, 0.05) is 16.3 Å². The highest BCUT2D eigenvalue weighted by molar-refractivity contribution is 6.30. The molecule has 176 valence electrons. The molecule has 3 aromatic carbocycles. The second-order valence-corrected chi connectivity index (χ2v) is 8.34. The van der Waals surface area contributed by atoms with E-state index in [9.17, 15) is 9.18 Å². The first-order valence-electron chi connectivity index (χ1n) is 10.8. The predicted molar refractivity (Wildman–Crippen MR) is 130 cm³/mol. The summed E-state index contributed by atoms with van der Waals surface area (Å²) in [4.78, 5) is 19.4. The number of hydrogen-bond donors (Lipinski definition) is 1. The highest BCUT2D eigenvalue weighted by atomic mass is 35.5. The lowest BCUT2D eigenvalue weighted by molar-refractivity contribution is 0.244. The topological polar surface area (TPSA) is 80.5 Å². The Morgan fingerprint density at radius 3 is 2.54 bits per heavy atom. The summed E-state index contributed by atoms with van der Waals surface area (Å²) in [6.45, 7) is 1.82. The van der Waals surface area contributed by atoms with Crippen molar-refractivity contribution in [1.82, 2.24) is 15.5 Å². The van der Waals surface area contributed by atoms with Gasteiger partial charge in [0.15, 0.2) is 0 Å². The summed E-state index contributed by atoms with van der Waals surface area (Å²) in [5, 5.41) is 7.70. The molecule has 0 fully saturated rings. The van der Waals surface area contributed by atoms with E-state index in [0.717, 1.165) is 5.56 Å². The van der Waals surface area contributed by atoms with Gasteiger partial charge < -0.3 is 14.6 Å². The average molecular weight is 491 g/mol. The largest absolute Gasteiger partial charge is 0.497 e. The molecule has 1 unspecified atom stereocenters. The number of carbonyl (C=O) groups excluding carboxylic acids is 1. The molecule has 1 N–H and O–H groups in total. The molecule has 0 saturated carbocycles. The van der Waals surface area contributed by atoms with Crippen molar-refractivity contribution < 1.29 is 18.4 Å². The third kappa shape index (κ3) is 4.36. The molecule has 1 aliphatic heterocycles. The number of rotatable bonds is 5. The van der Waals surface area contributed by atoms with E-state index in [2.05, 4.69) is 15.5 Å². The standard InChI is InChI=1S/C26H20ClFN4O3/c1-15-22(25-30-24(31-35-25)16-6-10-19(28)11-7-16)23(17-4-3-5-21(14-17)34-2)29-26(33)32(15)20-12-8-18(27)9-13-20/h3-14,23H,1-2H3,(H,29,33). The van der Waals surface area contributed by atoms with Crippen LogP contribution in [-0.4, -0.2) is 23.3 Å². The molecule has 9 heteroatoms. The Labute approximate surface area is 205 Å². The van der Waals surface area contributed by atoms with Crippen molar-refractivity contribution in [2.24, 2.45) is 0 Å². The molecule has 1 atom stereocenters. The summed E-state index contributed by atoms with van der Waals surface area (Å²) in [6, 6.07) is 19.2. The van der Waals surface area contributed by atoms with Crippen LogP contribution in [0.3, 0.4) is 0 Å². The number of allylic oxidation sites excluding steroid dienone is 1. The molecule has 0 spiro atoms. The molecule has 35 heavy (non-hydrogen) atoms. The van der Waals surface area contributed by atoms with Gasteiger partial charge in [-0.05, 0) is 73.2 Å². The fraction of sp³-hybridized carbons (Fsp3) is 0.115. The number of hydrogen-bond acceptors (Lipinski definition) is 5. The number of nitrogens with zero attached hydrogens (tertiary/aromatic N) is 3. The van der Waals surface area contributed by atoms with Crippen molar-refractivity contribution in [3.63, 3.8) is 0 Å². The van der Waals surface area contributed by atoms with Gasteiger partial charge in [0.1, 0.15) is 11.6 Å². The Kier molecular flexibility index (Phi) is 5.96. The maximum Gasteiger partial charge on any atom is 0.326 e. The minimum absolute atomic E-state index is 0.230. The molecule has 1 aliphatic rings. The number of ether oxygens (including phenoxy) is 1. The number of anilines is 1. The van der Waals surface area contributed by atoms with Gasteiger partial charge in [-0.3, -0.25) is 4.90 Å². The summed E-state index contributed by atoms with van der Waals surface area (Å²) in [7, 11) is 1.58. The van der Waals surface area contributed by atoms with Crippen LogP contribution in [0.1, 0.15) is 24.4 Å². The molecule has 5 rings (SSSR count). The predicted octanol–water partition coefficient (Wildman–Crippen LogP) is 6.24. The fourth-order valence-electron chi connectivity index (χ4n) is 4.04. The van der Waals surface area contributed by atoms with E-state index in [1.165, 1.54) is 17.0 Å². The highest BCUT2D eigenvalue weighted by Gasteiger charge is 2.36. The highest BCUT2D eigenvalue weighted by Crippen LogP contribution is 2.40. The Balaban J connectivity index is 1.65. The van der Waals surface area contributed by atoms with Crippen molar-refractivity contribution >= 4 is 28.9 Å². The van der Waals surface area contributed by atoms with Gasteiger partial charge in [-0.25, -0.2) is 9.18 Å². The van der Waals surface area contributed by atoms with Crippen LogP contribution in [0.25, 0.3) is 17.0 Å². The van der Waals surface area contributed by atoms with Crippen LogP contribution in [0.15, 0.2) is 83.0 Å². The molecular formula is C26H20ClFN4O3.